The molecular formula is C22H19FN4O3. The number of ketones is 1. The number of hydrogen-bond donors (Lipinski definition) is 2. The van der Waals surface area contributed by atoms with Crippen LogP contribution in [0.5, 0.6) is 5.75 Å². The normalized spacial score (nSPS) is 20.5. The molecule has 0 saturated heterocycles. The van der Waals surface area contributed by atoms with E-state index in [1.165, 1.54) is 12.1 Å². The van der Waals surface area contributed by atoms with Gasteiger partial charge < -0.3 is 15.4 Å². The van der Waals surface area contributed by atoms with Gasteiger partial charge in [-0.25, -0.2) is 9.02 Å². The molecule has 5 rings (SSSR count). The summed E-state index contributed by atoms with van der Waals surface area (Å²) in [7, 11) is 1.61. The predicted molar refractivity (Wildman–Crippen MR) is 108 cm³/mol. The monoisotopic (exact) mass is 406 g/mol. The zero-order chi connectivity index (χ0) is 20.7. The third kappa shape index (κ3) is 3.20. The Morgan fingerprint density at radius 1 is 1.00 bits per heavy atom. The van der Waals surface area contributed by atoms with Gasteiger partial charge in [-0.15, -0.1) is 0 Å². The molecule has 0 bridgehead atoms. The number of Topliss-reactive ketones (excluding diaryl/α,β-unsaturated/α-hetero) is 1. The van der Waals surface area contributed by atoms with Gasteiger partial charge in [0.1, 0.15) is 11.6 Å². The van der Waals surface area contributed by atoms with E-state index < -0.39 is 6.04 Å². The number of halogens is 1. The van der Waals surface area contributed by atoms with E-state index in [0.29, 0.717) is 30.1 Å². The maximum Gasteiger partial charge on any atom is 0.219 e. The van der Waals surface area contributed by atoms with Crippen LogP contribution in [0.15, 0.2) is 64.4 Å². The summed E-state index contributed by atoms with van der Waals surface area (Å²) in [5.74, 6) is 1.28. The molecule has 2 N–H and O–H groups in total. The summed E-state index contributed by atoms with van der Waals surface area (Å²) in [6, 6.07) is 13.4. The minimum Gasteiger partial charge on any atom is -0.497 e. The number of ether oxygens (including phenoxy) is 1. The lowest BCUT2D eigenvalue weighted by atomic mass is 9.78. The number of methoxy groups -OCH3 is 1. The number of nitrogens with zero attached hydrogens (tertiary/aromatic N) is 2. The average Bonchev–Trinajstić information content (AvgIpc) is 3.13. The molecule has 8 heteroatoms. The summed E-state index contributed by atoms with van der Waals surface area (Å²) < 4.78 is 23.5. The first-order valence-electron chi connectivity index (χ1n) is 9.64. The smallest absolute Gasteiger partial charge is 0.219 e. The lowest BCUT2D eigenvalue weighted by Gasteiger charge is -2.29. The summed E-state index contributed by atoms with van der Waals surface area (Å²) in [5, 5.41) is 14.4. The fraction of sp³-hybridized carbons (Fsp3) is 0.227. The molecule has 0 spiro atoms. The van der Waals surface area contributed by atoms with Crippen molar-refractivity contribution in [1.82, 2.24) is 10.3 Å². The molecule has 0 fully saturated rings. The van der Waals surface area contributed by atoms with Gasteiger partial charge in [0, 0.05) is 17.7 Å². The second-order valence-electron chi connectivity index (χ2n) is 7.41. The molecule has 7 nitrogen and oxygen atoms in total. The highest BCUT2D eigenvalue weighted by atomic mass is 19.1. The van der Waals surface area contributed by atoms with Gasteiger partial charge in [-0.2, -0.15) is 0 Å². The summed E-state index contributed by atoms with van der Waals surface area (Å²) in [4.78, 5) is 13.3. The van der Waals surface area contributed by atoms with Crippen molar-refractivity contribution >= 4 is 17.4 Å². The number of nitrogens with one attached hydrogen (secondary N) is 2. The Morgan fingerprint density at radius 2 is 1.70 bits per heavy atom. The number of hydrogen-bond acceptors (Lipinski definition) is 7. The van der Waals surface area contributed by atoms with Crippen molar-refractivity contribution in [2.75, 3.05) is 17.7 Å². The highest BCUT2D eigenvalue weighted by molar-refractivity contribution is 6.00. The Kier molecular flexibility index (Phi) is 4.46. The summed E-state index contributed by atoms with van der Waals surface area (Å²) >= 11 is 0. The molecule has 1 aliphatic heterocycles. The van der Waals surface area contributed by atoms with Crippen LogP contribution in [0.2, 0.25) is 0 Å². The minimum atomic E-state index is -0.409. The number of rotatable bonds is 3. The third-order valence-electron chi connectivity index (χ3n) is 5.63. The van der Waals surface area contributed by atoms with Crippen LogP contribution in [0, 0.1) is 5.82 Å². The molecular weight excluding hydrogens is 387 g/mol. The number of carbonyl (C=O) groups is 1. The van der Waals surface area contributed by atoms with Crippen molar-refractivity contribution in [1.29, 1.82) is 0 Å². The fourth-order valence-electron chi connectivity index (χ4n) is 4.12. The fourth-order valence-corrected chi connectivity index (χ4v) is 4.12. The largest absolute Gasteiger partial charge is 0.497 e. The van der Waals surface area contributed by atoms with E-state index in [9.17, 15) is 9.18 Å². The van der Waals surface area contributed by atoms with Crippen LogP contribution in [0.4, 0.5) is 16.0 Å². The number of allylic oxidation sites excluding steroid dienone is 1. The zero-order valence-corrected chi connectivity index (χ0v) is 16.2. The van der Waals surface area contributed by atoms with Crippen LogP contribution in [0.25, 0.3) is 0 Å². The number of fused-ring (bicyclic) bond motifs is 1. The molecule has 0 radical (unpaired) electrons. The van der Waals surface area contributed by atoms with Crippen LogP contribution in [0.1, 0.15) is 35.9 Å². The lowest BCUT2D eigenvalue weighted by molar-refractivity contribution is -0.116. The molecule has 1 aromatic heterocycles. The number of anilines is 2. The van der Waals surface area contributed by atoms with Crippen molar-refractivity contribution in [2.24, 2.45) is 0 Å². The molecule has 3 aromatic rings. The Bertz CT molecular complexity index is 1120. The van der Waals surface area contributed by atoms with Crippen LogP contribution in [-0.4, -0.2) is 23.2 Å². The van der Waals surface area contributed by atoms with Gasteiger partial charge >= 0.3 is 0 Å². The molecule has 0 amide bonds. The molecule has 0 saturated carbocycles. The Balaban J connectivity index is 1.57. The first-order chi connectivity index (χ1) is 14.6. The Morgan fingerprint density at radius 3 is 2.43 bits per heavy atom. The van der Waals surface area contributed by atoms with Gasteiger partial charge in [0.05, 0.1) is 13.2 Å². The van der Waals surface area contributed by atoms with E-state index in [2.05, 4.69) is 20.9 Å². The van der Waals surface area contributed by atoms with E-state index in [1.807, 2.05) is 24.3 Å². The van der Waals surface area contributed by atoms with Gasteiger partial charge in [0.25, 0.3) is 0 Å². The number of benzene rings is 2. The molecule has 2 aromatic carbocycles. The van der Waals surface area contributed by atoms with E-state index in [4.69, 9.17) is 9.37 Å². The van der Waals surface area contributed by atoms with Gasteiger partial charge in [0.2, 0.25) is 11.6 Å². The number of aromatic nitrogens is 2. The van der Waals surface area contributed by atoms with Crippen molar-refractivity contribution in [3.05, 3.63) is 76.7 Å². The second kappa shape index (κ2) is 7.29. The minimum absolute atomic E-state index is 0.0217. The maximum atomic E-state index is 13.3. The van der Waals surface area contributed by atoms with Crippen molar-refractivity contribution in [3.63, 3.8) is 0 Å². The number of carbonyl (C=O) groups excluding carboxylic acids is 1. The lowest BCUT2D eigenvalue weighted by Crippen LogP contribution is -2.27. The van der Waals surface area contributed by atoms with Crippen LogP contribution in [-0.2, 0) is 4.79 Å². The molecule has 152 valence electrons. The van der Waals surface area contributed by atoms with Crippen molar-refractivity contribution in [3.8, 4) is 5.75 Å². The van der Waals surface area contributed by atoms with E-state index in [0.717, 1.165) is 22.6 Å². The quantitative estimate of drug-likeness (QED) is 0.674. The predicted octanol–water partition coefficient (Wildman–Crippen LogP) is 4.20. The van der Waals surface area contributed by atoms with Crippen molar-refractivity contribution < 1.29 is 18.6 Å². The summed E-state index contributed by atoms with van der Waals surface area (Å²) in [5.41, 5.74) is 3.24. The Hall–Kier alpha value is -3.68. The highest BCUT2D eigenvalue weighted by Gasteiger charge is 2.37. The zero-order valence-electron chi connectivity index (χ0n) is 16.2. The van der Waals surface area contributed by atoms with Gasteiger partial charge in [-0.3, -0.25) is 4.79 Å². The topological polar surface area (TPSA) is 89.3 Å². The first kappa shape index (κ1) is 18.4. The SMILES string of the molecule is COc1ccc([C@@H]2Nc3nonc3NC3=C2C(=O)C[C@H](c2ccc(F)cc2)C3)cc1. The third-order valence-corrected chi connectivity index (χ3v) is 5.63. The van der Waals surface area contributed by atoms with Crippen LogP contribution < -0.4 is 15.4 Å². The van der Waals surface area contributed by atoms with Crippen LogP contribution in [0.3, 0.4) is 0 Å². The average molecular weight is 406 g/mol. The Labute approximate surface area is 171 Å². The molecule has 1 aliphatic carbocycles. The maximum absolute atomic E-state index is 13.3. The summed E-state index contributed by atoms with van der Waals surface area (Å²) in [6.45, 7) is 0. The van der Waals surface area contributed by atoms with E-state index >= 15 is 0 Å². The van der Waals surface area contributed by atoms with Gasteiger partial charge in [-0.05, 0) is 58.0 Å². The van der Waals surface area contributed by atoms with E-state index in [1.54, 1.807) is 19.2 Å². The van der Waals surface area contributed by atoms with Gasteiger partial charge in [-0.1, -0.05) is 24.3 Å². The highest BCUT2D eigenvalue weighted by Crippen LogP contribution is 2.43. The van der Waals surface area contributed by atoms with Crippen LogP contribution >= 0.6 is 0 Å². The van der Waals surface area contributed by atoms with Crippen molar-refractivity contribution in [2.45, 2.75) is 24.8 Å². The molecule has 0 unspecified atom stereocenters. The first-order valence-corrected chi connectivity index (χ1v) is 9.64. The summed E-state index contributed by atoms with van der Waals surface area (Å²) in [6.07, 6.45) is 0.934. The second-order valence-corrected chi connectivity index (χ2v) is 7.41. The molecule has 2 heterocycles. The standard InChI is InChI=1S/C22H19FN4O3/c1-29-16-8-4-13(5-9-16)20-19-17(24-21-22(25-20)27-30-26-21)10-14(11-18(19)28)12-2-6-15(23)7-3-12/h2-9,14,20H,10-11H2,1H3,(H,24,26)(H,25,27)/t14-,20+/m1/s1. The molecule has 2 aliphatic rings. The van der Waals surface area contributed by atoms with Gasteiger partial charge in [0.15, 0.2) is 5.78 Å². The molecule has 2 atom stereocenters. The molecule has 30 heavy (non-hydrogen) atoms. The van der Waals surface area contributed by atoms with E-state index in [-0.39, 0.29) is 17.5 Å².